The fourth-order valence-electron chi connectivity index (χ4n) is 1.86. The fourth-order valence-corrected chi connectivity index (χ4v) is 1.86. The molecule has 0 aromatic heterocycles. The van der Waals surface area contributed by atoms with Gasteiger partial charge in [-0.3, -0.25) is 0 Å². The van der Waals surface area contributed by atoms with Crippen molar-refractivity contribution < 1.29 is 4.39 Å². The second-order valence-electron chi connectivity index (χ2n) is 4.49. The van der Waals surface area contributed by atoms with Gasteiger partial charge in [0.1, 0.15) is 6.17 Å². The van der Waals surface area contributed by atoms with Crippen LogP contribution in [0, 0.1) is 11.8 Å². The van der Waals surface area contributed by atoms with Crippen molar-refractivity contribution in [3.8, 4) is 0 Å². The van der Waals surface area contributed by atoms with Crippen LogP contribution in [0.5, 0.6) is 0 Å². The van der Waals surface area contributed by atoms with E-state index >= 15 is 0 Å². The highest BCUT2D eigenvalue weighted by Crippen LogP contribution is 2.22. The van der Waals surface area contributed by atoms with Gasteiger partial charge in [-0.15, -0.1) is 6.58 Å². The van der Waals surface area contributed by atoms with Crippen molar-refractivity contribution in [1.82, 2.24) is 0 Å². The van der Waals surface area contributed by atoms with Gasteiger partial charge in [0, 0.05) is 0 Å². The highest BCUT2D eigenvalue weighted by atomic mass is 19.1. The smallest absolute Gasteiger partial charge is 0.121 e. The van der Waals surface area contributed by atoms with Gasteiger partial charge >= 0.3 is 0 Å². The molecule has 0 aliphatic carbocycles. The van der Waals surface area contributed by atoms with E-state index in [0.717, 1.165) is 6.42 Å². The molecular weight excluding hydrogens is 175 g/mol. The molecule has 0 aliphatic heterocycles. The highest BCUT2D eigenvalue weighted by Gasteiger charge is 2.15. The minimum atomic E-state index is -0.830. The van der Waals surface area contributed by atoms with Crippen LogP contribution in [0.3, 0.4) is 0 Å². The van der Waals surface area contributed by atoms with Crippen LogP contribution in [0.25, 0.3) is 0 Å². The lowest BCUT2D eigenvalue weighted by Crippen LogP contribution is -2.13. The summed E-state index contributed by atoms with van der Waals surface area (Å²) in [6, 6.07) is 0. The molecule has 2 unspecified atom stereocenters. The predicted molar refractivity (Wildman–Crippen MR) is 62.2 cm³/mol. The number of rotatable bonds is 8. The highest BCUT2D eigenvalue weighted by molar-refractivity contribution is 4.83. The molecule has 0 bridgehead atoms. The summed E-state index contributed by atoms with van der Waals surface area (Å²) >= 11 is 0. The third-order valence-corrected chi connectivity index (χ3v) is 2.84. The number of hydrogen-bond acceptors (Lipinski definition) is 0. The Kier molecular flexibility index (Phi) is 7.83. The summed E-state index contributed by atoms with van der Waals surface area (Å²) in [5.74, 6) is 0.777. The molecule has 0 spiro atoms. The predicted octanol–water partition coefficient (Wildman–Crippen LogP) is 4.75. The van der Waals surface area contributed by atoms with Gasteiger partial charge < -0.3 is 0 Å². The van der Waals surface area contributed by atoms with Crippen LogP contribution in [0.4, 0.5) is 4.39 Å². The quantitative estimate of drug-likeness (QED) is 0.391. The molecule has 14 heavy (non-hydrogen) atoms. The standard InChI is InChI=1S/C13H25F/c1-5-7-8-9-11(3)10-12(4)13(14)6-2/h6,11-13H,2,5,7-10H2,1,3-4H3/t11?,12-,13?/m1/s1. The molecule has 0 saturated carbocycles. The number of unbranched alkanes of at least 4 members (excludes halogenated alkanes) is 2. The Morgan fingerprint density at radius 2 is 1.93 bits per heavy atom. The number of alkyl halides is 1. The molecule has 0 aromatic carbocycles. The Morgan fingerprint density at radius 3 is 2.43 bits per heavy atom. The largest absolute Gasteiger partial charge is 0.243 e. The molecule has 0 radical (unpaired) electrons. The molecule has 0 saturated heterocycles. The van der Waals surface area contributed by atoms with Crippen molar-refractivity contribution in [2.24, 2.45) is 11.8 Å². The van der Waals surface area contributed by atoms with E-state index in [-0.39, 0.29) is 5.92 Å². The lowest BCUT2D eigenvalue weighted by Gasteiger charge is -2.18. The van der Waals surface area contributed by atoms with E-state index in [0.29, 0.717) is 5.92 Å². The van der Waals surface area contributed by atoms with Crippen LogP contribution in [0.15, 0.2) is 12.7 Å². The van der Waals surface area contributed by atoms with Crippen molar-refractivity contribution in [2.75, 3.05) is 0 Å². The van der Waals surface area contributed by atoms with E-state index in [1.807, 2.05) is 6.92 Å². The summed E-state index contributed by atoms with van der Waals surface area (Å²) < 4.78 is 13.2. The number of allylic oxidation sites excluding steroid dienone is 1. The van der Waals surface area contributed by atoms with Gasteiger partial charge in [0.2, 0.25) is 0 Å². The summed E-state index contributed by atoms with van der Waals surface area (Å²) in [6.07, 6.45) is 6.67. The third-order valence-electron chi connectivity index (χ3n) is 2.84. The Morgan fingerprint density at radius 1 is 1.29 bits per heavy atom. The molecule has 84 valence electrons. The molecule has 0 N–H and O–H groups in total. The monoisotopic (exact) mass is 200 g/mol. The summed E-state index contributed by atoms with van der Waals surface area (Å²) in [5.41, 5.74) is 0. The number of hydrogen-bond donors (Lipinski definition) is 0. The molecule has 3 atom stereocenters. The van der Waals surface area contributed by atoms with Gasteiger partial charge in [-0.1, -0.05) is 52.5 Å². The van der Waals surface area contributed by atoms with Gasteiger partial charge in [-0.05, 0) is 18.3 Å². The Bertz CT molecular complexity index is 142. The fraction of sp³-hybridized carbons (Fsp3) is 0.846. The van der Waals surface area contributed by atoms with Crippen molar-refractivity contribution in [3.63, 3.8) is 0 Å². The van der Waals surface area contributed by atoms with Crippen molar-refractivity contribution in [3.05, 3.63) is 12.7 Å². The first-order valence-electron chi connectivity index (χ1n) is 5.88. The normalized spacial score (nSPS) is 17.4. The molecule has 0 aliphatic rings. The maximum atomic E-state index is 13.2. The van der Waals surface area contributed by atoms with E-state index < -0.39 is 6.17 Å². The second-order valence-corrected chi connectivity index (χ2v) is 4.49. The zero-order valence-corrected chi connectivity index (χ0v) is 9.93. The topological polar surface area (TPSA) is 0 Å². The molecule has 0 aromatic rings. The minimum Gasteiger partial charge on any atom is -0.243 e. The van der Waals surface area contributed by atoms with Crippen LogP contribution >= 0.6 is 0 Å². The Balaban J connectivity index is 3.59. The molecule has 1 heteroatoms. The van der Waals surface area contributed by atoms with E-state index in [1.165, 1.54) is 31.8 Å². The third kappa shape index (κ3) is 6.17. The van der Waals surface area contributed by atoms with Gasteiger partial charge in [-0.25, -0.2) is 4.39 Å². The zero-order valence-electron chi connectivity index (χ0n) is 9.93. The molecule has 0 rings (SSSR count). The molecule has 0 heterocycles. The first kappa shape index (κ1) is 13.7. The van der Waals surface area contributed by atoms with Crippen LogP contribution in [0.2, 0.25) is 0 Å². The SMILES string of the molecule is C=CC(F)[C@H](C)CC(C)CCCCC. The van der Waals surface area contributed by atoms with E-state index in [1.54, 1.807) is 0 Å². The molecule has 0 amide bonds. The van der Waals surface area contributed by atoms with Crippen LogP contribution in [0.1, 0.15) is 52.9 Å². The van der Waals surface area contributed by atoms with Crippen LogP contribution in [-0.4, -0.2) is 6.17 Å². The lowest BCUT2D eigenvalue weighted by molar-refractivity contribution is 0.252. The average molecular weight is 200 g/mol. The molecule has 0 nitrogen and oxygen atoms in total. The van der Waals surface area contributed by atoms with Gasteiger partial charge in [0.15, 0.2) is 0 Å². The summed E-state index contributed by atoms with van der Waals surface area (Å²) in [6.45, 7) is 9.90. The molecule has 0 fully saturated rings. The van der Waals surface area contributed by atoms with Crippen molar-refractivity contribution >= 4 is 0 Å². The van der Waals surface area contributed by atoms with E-state index in [9.17, 15) is 4.39 Å². The summed E-state index contributed by atoms with van der Waals surface area (Å²) in [5, 5.41) is 0. The molecular formula is C13H25F. The number of halogens is 1. The maximum Gasteiger partial charge on any atom is 0.121 e. The second kappa shape index (κ2) is 8.02. The first-order valence-corrected chi connectivity index (χ1v) is 5.88. The van der Waals surface area contributed by atoms with Crippen molar-refractivity contribution in [1.29, 1.82) is 0 Å². The minimum absolute atomic E-state index is 0.129. The maximum absolute atomic E-state index is 13.2. The van der Waals surface area contributed by atoms with Crippen molar-refractivity contribution in [2.45, 2.75) is 59.0 Å². The lowest BCUT2D eigenvalue weighted by atomic mass is 9.90. The van der Waals surface area contributed by atoms with Gasteiger partial charge in [0.25, 0.3) is 0 Å². The van der Waals surface area contributed by atoms with Gasteiger partial charge in [-0.2, -0.15) is 0 Å². The van der Waals surface area contributed by atoms with Crippen LogP contribution in [-0.2, 0) is 0 Å². The van der Waals surface area contributed by atoms with E-state index in [2.05, 4.69) is 20.4 Å². The first-order chi connectivity index (χ1) is 6.61. The summed E-state index contributed by atoms with van der Waals surface area (Å²) in [4.78, 5) is 0. The zero-order chi connectivity index (χ0) is 11.0. The Labute approximate surface area is 88.6 Å². The Hall–Kier alpha value is -0.330. The summed E-state index contributed by atoms with van der Waals surface area (Å²) in [7, 11) is 0. The van der Waals surface area contributed by atoms with Gasteiger partial charge in [0.05, 0.1) is 0 Å². The van der Waals surface area contributed by atoms with Crippen LogP contribution < -0.4 is 0 Å². The average Bonchev–Trinajstić information content (AvgIpc) is 2.16. The van der Waals surface area contributed by atoms with E-state index in [4.69, 9.17) is 0 Å².